The molecule has 2 N–H and O–H groups in total. The molecule has 9 heteroatoms. The number of imidazole rings is 1. The van der Waals surface area contributed by atoms with E-state index in [0.29, 0.717) is 30.4 Å². The first-order valence-corrected chi connectivity index (χ1v) is 7.74. The Kier molecular flexibility index (Phi) is 3.68. The van der Waals surface area contributed by atoms with Crippen molar-refractivity contribution in [3.05, 3.63) is 59.5 Å². The highest BCUT2D eigenvalue weighted by Crippen LogP contribution is 2.31. The van der Waals surface area contributed by atoms with Gasteiger partial charge in [0.1, 0.15) is 11.9 Å². The number of amides is 2. The summed E-state index contributed by atoms with van der Waals surface area (Å²) in [5, 5.41) is 6.51. The van der Waals surface area contributed by atoms with Gasteiger partial charge in [-0.25, -0.2) is 14.2 Å². The summed E-state index contributed by atoms with van der Waals surface area (Å²) in [5.74, 6) is 0.422. The number of anilines is 1. The average molecular weight is 342 g/mol. The van der Waals surface area contributed by atoms with Crippen LogP contribution in [0.2, 0.25) is 0 Å². The highest BCUT2D eigenvalue weighted by atomic mass is 19.1. The van der Waals surface area contributed by atoms with Crippen LogP contribution >= 0.6 is 0 Å². The van der Waals surface area contributed by atoms with Gasteiger partial charge in [0.25, 0.3) is 0 Å². The Bertz CT molecular complexity index is 921. The molecule has 25 heavy (non-hydrogen) atoms. The molecule has 0 unspecified atom stereocenters. The molecule has 1 atom stereocenters. The minimum Gasteiger partial charge on any atom is -0.347 e. The molecule has 0 bridgehead atoms. The Morgan fingerprint density at radius 1 is 1.48 bits per heavy atom. The Balaban J connectivity index is 1.63. The number of benzene rings is 1. The highest BCUT2D eigenvalue weighted by Gasteiger charge is 2.36. The molecule has 0 fully saturated rings. The van der Waals surface area contributed by atoms with E-state index in [4.69, 9.17) is 4.52 Å². The Labute approximate surface area is 142 Å². The van der Waals surface area contributed by atoms with Crippen molar-refractivity contribution < 1.29 is 13.7 Å². The van der Waals surface area contributed by atoms with Crippen molar-refractivity contribution in [2.75, 3.05) is 5.32 Å². The largest absolute Gasteiger partial charge is 0.347 e. The molecule has 0 spiro atoms. The number of carbonyl (C=O) groups is 1. The maximum Gasteiger partial charge on any atom is 0.322 e. The van der Waals surface area contributed by atoms with Crippen molar-refractivity contribution in [3.63, 3.8) is 0 Å². The Hall–Kier alpha value is -3.23. The van der Waals surface area contributed by atoms with Crippen molar-refractivity contribution in [1.82, 2.24) is 25.0 Å². The summed E-state index contributed by atoms with van der Waals surface area (Å²) in [5.41, 5.74) is 2.08. The number of H-pyrrole nitrogens is 1. The van der Waals surface area contributed by atoms with Crippen molar-refractivity contribution in [2.24, 2.45) is 0 Å². The van der Waals surface area contributed by atoms with Crippen molar-refractivity contribution in [3.8, 4) is 0 Å². The van der Waals surface area contributed by atoms with Crippen molar-refractivity contribution in [2.45, 2.75) is 25.9 Å². The van der Waals surface area contributed by atoms with Gasteiger partial charge in [0.05, 0.1) is 24.3 Å². The van der Waals surface area contributed by atoms with E-state index in [0.717, 1.165) is 11.4 Å². The van der Waals surface area contributed by atoms with Crippen LogP contribution in [0, 0.1) is 12.7 Å². The zero-order valence-electron chi connectivity index (χ0n) is 13.4. The van der Waals surface area contributed by atoms with E-state index in [9.17, 15) is 9.18 Å². The van der Waals surface area contributed by atoms with Gasteiger partial charge in [0, 0.05) is 12.1 Å². The van der Waals surface area contributed by atoms with E-state index in [1.54, 1.807) is 24.2 Å². The third-order valence-electron chi connectivity index (χ3n) is 4.06. The molecule has 0 radical (unpaired) electrons. The maximum atomic E-state index is 13.3. The second-order valence-corrected chi connectivity index (χ2v) is 5.80. The Morgan fingerprint density at radius 2 is 2.36 bits per heavy atom. The quantitative estimate of drug-likeness (QED) is 0.745. The first kappa shape index (κ1) is 15.3. The van der Waals surface area contributed by atoms with Gasteiger partial charge in [-0.2, -0.15) is 4.98 Å². The lowest BCUT2D eigenvalue weighted by atomic mass is 10.0. The van der Waals surface area contributed by atoms with Crippen LogP contribution in [0.5, 0.6) is 0 Å². The van der Waals surface area contributed by atoms with Gasteiger partial charge >= 0.3 is 6.03 Å². The molecule has 0 saturated heterocycles. The highest BCUT2D eigenvalue weighted by molar-refractivity contribution is 5.89. The lowest BCUT2D eigenvalue weighted by Gasteiger charge is -2.32. The van der Waals surface area contributed by atoms with Gasteiger partial charge in [-0.15, -0.1) is 0 Å². The van der Waals surface area contributed by atoms with Crippen LogP contribution < -0.4 is 5.32 Å². The van der Waals surface area contributed by atoms with Crippen molar-refractivity contribution >= 4 is 11.7 Å². The summed E-state index contributed by atoms with van der Waals surface area (Å²) in [6, 6.07) is 4.91. The van der Waals surface area contributed by atoms with Crippen LogP contribution in [-0.2, 0) is 13.0 Å². The number of halogens is 1. The summed E-state index contributed by atoms with van der Waals surface area (Å²) in [7, 11) is 0. The number of nitrogens with zero attached hydrogens (tertiary/aromatic N) is 4. The van der Waals surface area contributed by atoms with E-state index in [1.165, 1.54) is 18.2 Å². The van der Waals surface area contributed by atoms with Gasteiger partial charge in [-0.05, 0) is 25.1 Å². The standard InChI is InChI=1S/C16H15FN6O2/c1-9-20-15(25-22-9)14-6-12-13(19-8-18-12)7-23(14)16(24)21-11-4-2-3-10(17)5-11/h2-5,8,14H,6-7H2,1H3,(H,18,19)(H,21,24)/t14-/m0/s1. The summed E-state index contributed by atoms with van der Waals surface area (Å²) in [6.07, 6.45) is 2.05. The number of urea groups is 1. The fourth-order valence-electron chi connectivity index (χ4n) is 2.88. The third kappa shape index (κ3) is 2.95. The number of rotatable bonds is 2. The lowest BCUT2D eigenvalue weighted by molar-refractivity contribution is 0.155. The molecule has 4 rings (SSSR count). The van der Waals surface area contributed by atoms with E-state index in [1.807, 2.05) is 0 Å². The predicted octanol–water partition coefficient (Wildman–Crippen LogP) is 2.57. The molecule has 2 aromatic heterocycles. The minimum atomic E-state index is -0.439. The summed E-state index contributed by atoms with van der Waals surface area (Å²) >= 11 is 0. The number of hydrogen-bond donors (Lipinski definition) is 2. The van der Waals surface area contributed by atoms with Crippen LogP contribution in [0.15, 0.2) is 35.1 Å². The van der Waals surface area contributed by atoms with E-state index >= 15 is 0 Å². The number of aromatic amines is 1. The number of aryl methyl sites for hydroxylation is 1. The zero-order chi connectivity index (χ0) is 17.4. The van der Waals surface area contributed by atoms with Crippen molar-refractivity contribution in [1.29, 1.82) is 0 Å². The van der Waals surface area contributed by atoms with Crippen LogP contribution in [0.3, 0.4) is 0 Å². The molecule has 3 aromatic rings. The van der Waals surface area contributed by atoms with Gasteiger partial charge in [0.15, 0.2) is 5.82 Å². The van der Waals surface area contributed by atoms with Gasteiger partial charge in [-0.1, -0.05) is 11.2 Å². The van der Waals surface area contributed by atoms with Crippen LogP contribution in [0.1, 0.15) is 29.1 Å². The topological polar surface area (TPSA) is 99.9 Å². The lowest BCUT2D eigenvalue weighted by Crippen LogP contribution is -2.41. The normalized spacial score (nSPS) is 16.6. The number of aromatic nitrogens is 4. The number of fused-ring (bicyclic) bond motifs is 1. The molecular weight excluding hydrogens is 327 g/mol. The third-order valence-corrected chi connectivity index (χ3v) is 4.06. The van der Waals surface area contributed by atoms with Crippen LogP contribution in [0.4, 0.5) is 14.9 Å². The number of nitrogens with one attached hydrogen (secondary N) is 2. The van der Waals surface area contributed by atoms with Crippen LogP contribution in [0.25, 0.3) is 0 Å². The molecule has 0 aliphatic carbocycles. The summed E-state index contributed by atoms with van der Waals surface area (Å²) < 4.78 is 18.6. The first-order valence-electron chi connectivity index (χ1n) is 7.74. The van der Waals surface area contributed by atoms with E-state index in [-0.39, 0.29) is 6.03 Å². The molecule has 1 aliphatic rings. The van der Waals surface area contributed by atoms with Gasteiger partial charge < -0.3 is 19.7 Å². The minimum absolute atomic E-state index is 0.308. The molecule has 0 saturated carbocycles. The Morgan fingerprint density at radius 3 is 3.12 bits per heavy atom. The molecule has 1 aromatic carbocycles. The summed E-state index contributed by atoms with van der Waals surface area (Å²) in [6.45, 7) is 2.02. The SMILES string of the molecule is Cc1noc([C@@H]2Cc3nc[nH]c3CN2C(=O)Nc2cccc(F)c2)n1. The fraction of sp³-hybridized carbons (Fsp3) is 0.250. The number of hydrogen-bond acceptors (Lipinski definition) is 5. The van der Waals surface area contributed by atoms with Gasteiger partial charge in [0.2, 0.25) is 5.89 Å². The average Bonchev–Trinajstić information content (AvgIpc) is 3.21. The number of carbonyl (C=O) groups excluding carboxylic acids is 1. The molecule has 2 amide bonds. The fourth-order valence-corrected chi connectivity index (χ4v) is 2.88. The monoisotopic (exact) mass is 342 g/mol. The maximum absolute atomic E-state index is 13.3. The van der Waals surface area contributed by atoms with Gasteiger partial charge in [-0.3, -0.25) is 0 Å². The zero-order valence-corrected chi connectivity index (χ0v) is 13.4. The van der Waals surface area contributed by atoms with E-state index in [2.05, 4.69) is 25.4 Å². The smallest absolute Gasteiger partial charge is 0.322 e. The molecule has 3 heterocycles. The second kappa shape index (κ2) is 6.00. The molecule has 128 valence electrons. The second-order valence-electron chi connectivity index (χ2n) is 5.80. The first-order chi connectivity index (χ1) is 12.1. The summed E-state index contributed by atoms with van der Waals surface area (Å²) in [4.78, 5) is 25.9. The molecule has 8 nitrogen and oxygen atoms in total. The molecular formula is C16H15FN6O2. The van der Waals surface area contributed by atoms with Crippen LogP contribution in [-0.4, -0.2) is 31.0 Å². The van der Waals surface area contributed by atoms with E-state index < -0.39 is 11.9 Å². The predicted molar refractivity (Wildman–Crippen MR) is 85.0 cm³/mol. The molecule has 1 aliphatic heterocycles.